The molecule has 0 aliphatic carbocycles. The zero-order chi connectivity index (χ0) is 49.5. The quantitative estimate of drug-likeness (QED) is 0.0203. The van der Waals surface area contributed by atoms with E-state index in [2.05, 4.69) is 31.9 Å². The van der Waals surface area contributed by atoms with E-state index in [4.69, 9.17) is 11.5 Å². The lowest BCUT2D eigenvalue weighted by Gasteiger charge is -2.27. The minimum atomic E-state index is -1.77. The number of nitrogens with two attached hydrogens (primary N) is 2. The van der Waals surface area contributed by atoms with Gasteiger partial charge in [-0.1, -0.05) is 72.8 Å². The van der Waals surface area contributed by atoms with Gasteiger partial charge in [0, 0.05) is 25.7 Å². The Morgan fingerprint density at radius 1 is 0.627 bits per heavy atom. The number of unbranched alkanes of at least 4 members (excludes halogenated alkanes) is 1. The first-order valence-electron chi connectivity index (χ1n) is 21.3. The van der Waals surface area contributed by atoms with Crippen molar-refractivity contribution in [3.63, 3.8) is 0 Å². The normalized spacial score (nSPS) is 14.0. The molecule has 0 saturated carbocycles. The van der Waals surface area contributed by atoms with Crippen LogP contribution in [0.15, 0.2) is 84.9 Å². The number of amides is 7. The number of rotatable bonds is 29. The lowest BCUT2D eigenvalue weighted by Crippen LogP contribution is -2.61. The van der Waals surface area contributed by atoms with E-state index in [9.17, 15) is 63.8 Å². The van der Waals surface area contributed by atoms with Gasteiger partial charge in [-0.15, -0.1) is 5.43 Å². The summed E-state index contributed by atoms with van der Waals surface area (Å²) in [6, 6.07) is 13.5. The van der Waals surface area contributed by atoms with Crippen LogP contribution in [-0.4, -0.2) is 123 Å². The fraction of sp³-hybridized carbons (Fsp3) is 0.409. The number of primary amides is 1. The molecule has 0 aliphatic rings. The summed E-state index contributed by atoms with van der Waals surface area (Å²) in [5.41, 5.74) is 14.4. The molecule has 0 radical (unpaired) electrons. The second kappa shape index (κ2) is 27.6. The number of aliphatic carboxylic acids is 1. The van der Waals surface area contributed by atoms with Crippen LogP contribution >= 0.6 is 0 Å². The Hall–Kier alpha value is -7.66. The summed E-state index contributed by atoms with van der Waals surface area (Å²) in [6.07, 6.45) is -1.97. The SMILES string of the molecule is C[C@@H](O)[C@H](NC(=O)CNC(=O)[C@H](Cc1ccc(O)cc1)N[N+](=O)[O-])C(=O)N[C@@H](CCC(N)=O)C(=O)N[C@@H](Cc1ccccc1)C(=O)N[C@@H](Cc1ccccc1)C(=O)N[C@@H](CCCCN)C(=O)O. The number of hydrogen-bond acceptors (Lipinski definition) is 13. The number of nitro groups is 1. The standard InChI is InChI=1S/C44H58N10O13/c1-26(55)38(52-37(58)25-47-39(59)35(53-54(66)67)24-29-15-17-30(56)18-16-29)43(63)48-31(19-20-36(46)57)40(60)50-34(23-28-12-6-3-7-13-28)42(62)51-33(22-27-10-4-2-5-11-27)41(61)49-32(44(64)65)14-8-9-21-45/h2-7,10-13,15-18,26,31-35,38,53,55-56H,8-9,14,19-25,45H2,1H3,(H2,46,57)(H,47,59)(H,48,63)(H,49,61)(H,50,60)(H,51,62)(H,52,58)(H,64,65)/t26-,31+,32+,33+,34+,35+,38+/m1/s1. The van der Waals surface area contributed by atoms with Crippen LogP contribution in [0.4, 0.5) is 0 Å². The Morgan fingerprint density at radius 2 is 1.10 bits per heavy atom. The van der Waals surface area contributed by atoms with Gasteiger partial charge in [0.25, 0.3) is 0 Å². The third-order valence-corrected chi connectivity index (χ3v) is 10.2. The second-order valence-electron chi connectivity index (χ2n) is 15.6. The molecule has 23 heteroatoms. The third-order valence-electron chi connectivity index (χ3n) is 10.2. The maximum atomic E-state index is 14.2. The fourth-order valence-corrected chi connectivity index (χ4v) is 6.61. The molecule has 0 aromatic heterocycles. The van der Waals surface area contributed by atoms with E-state index in [1.807, 2.05) is 5.43 Å². The first-order valence-corrected chi connectivity index (χ1v) is 21.3. The van der Waals surface area contributed by atoms with Gasteiger partial charge in [0.1, 0.15) is 36.0 Å². The maximum Gasteiger partial charge on any atom is 0.326 e. The molecule has 7 amide bonds. The smallest absolute Gasteiger partial charge is 0.326 e. The predicted molar refractivity (Wildman–Crippen MR) is 239 cm³/mol. The van der Waals surface area contributed by atoms with Gasteiger partial charge in [-0.25, -0.2) is 14.9 Å². The molecule has 0 fully saturated rings. The zero-order valence-electron chi connectivity index (χ0n) is 36.7. The van der Waals surface area contributed by atoms with Gasteiger partial charge in [-0.05, 0) is 68.0 Å². The number of benzene rings is 3. The van der Waals surface area contributed by atoms with Crippen LogP contribution < -0.4 is 48.8 Å². The van der Waals surface area contributed by atoms with Crippen LogP contribution in [0.2, 0.25) is 0 Å². The maximum absolute atomic E-state index is 14.2. The van der Waals surface area contributed by atoms with Crippen LogP contribution in [0, 0.1) is 10.1 Å². The number of nitrogens with zero attached hydrogens (tertiary/aromatic N) is 1. The molecular weight excluding hydrogens is 877 g/mol. The number of carboxylic acid groups (broad SMARTS) is 1. The average Bonchev–Trinajstić information content (AvgIpc) is 3.28. The second-order valence-corrected chi connectivity index (χ2v) is 15.6. The van der Waals surface area contributed by atoms with E-state index in [1.54, 1.807) is 60.7 Å². The van der Waals surface area contributed by atoms with Crippen LogP contribution in [0.5, 0.6) is 5.75 Å². The van der Waals surface area contributed by atoms with Crippen molar-refractivity contribution in [3.8, 4) is 5.75 Å². The van der Waals surface area contributed by atoms with Crippen LogP contribution in [0.1, 0.15) is 55.7 Å². The van der Waals surface area contributed by atoms with Crippen molar-refractivity contribution < 1.29 is 58.7 Å². The molecule has 0 spiro atoms. The summed E-state index contributed by atoms with van der Waals surface area (Å²) >= 11 is 0. The molecule has 0 bridgehead atoms. The molecule has 0 aliphatic heterocycles. The molecular formula is C44H58N10O13. The Labute approximate surface area is 385 Å². The molecule has 23 nitrogen and oxygen atoms in total. The van der Waals surface area contributed by atoms with Crippen molar-refractivity contribution >= 4 is 47.3 Å². The van der Waals surface area contributed by atoms with E-state index in [0.717, 1.165) is 6.92 Å². The zero-order valence-corrected chi connectivity index (χ0v) is 36.7. The van der Waals surface area contributed by atoms with Crippen molar-refractivity contribution in [2.45, 2.75) is 101 Å². The fourth-order valence-electron chi connectivity index (χ4n) is 6.61. The Morgan fingerprint density at radius 3 is 1.58 bits per heavy atom. The summed E-state index contributed by atoms with van der Waals surface area (Å²) in [5, 5.41) is 54.7. The number of carbonyl (C=O) groups is 8. The number of aliphatic hydroxyl groups excluding tert-OH is 1. The summed E-state index contributed by atoms with van der Waals surface area (Å²) in [5.74, 6) is -8.10. The number of aliphatic hydroxyl groups is 1. The minimum absolute atomic E-state index is 0.0681. The number of phenols is 1. The van der Waals surface area contributed by atoms with E-state index < -0.39 is 114 Å². The van der Waals surface area contributed by atoms with Gasteiger partial charge in [-0.3, -0.25) is 33.6 Å². The monoisotopic (exact) mass is 934 g/mol. The van der Waals surface area contributed by atoms with Gasteiger partial charge in [0.15, 0.2) is 11.1 Å². The van der Waals surface area contributed by atoms with Gasteiger partial charge < -0.3 is 58.7 Å². The highest BCUT2D eigenvalue weighted by Crippen LogP contribution is 2.13. The Kier molecular flexibility index (Phi) is 22.1. The lowest BCUT2D eigenvalue weighted by atomic mass is 10.0. The molecule has 362 valence electrons. The molecule has 0 unspecified atom stereocenters. The van der Waals surface area contributed by atoms with Gasteiger partial charge >= 0.3 is 5.97 Å². The minimum Gasteiger partial charge on any atom is -0.508 e. The highest BCUT2D eigenvalue weighted by atomic mass is 16.7. The number of aromatic hydroxyl groups is 1. The van der Waals surface area contributed by atoms with Gasteiger partial charge in [0.05, 0.1) is 12.6 Å². The Balaban J connectivity index is 1.82. The number of hydrogen-bond donors (Lipinski definition) is 12. The molecule has 7 atom stereocenters. The van der Waals surface area contributed by atoms with E-state index in [1.165, 1.54) is 24.3 Å². The molecule has 0 saturated heterocycles. The summed E-state index contributed by atoms with van der Waals surface area (Å²) in [4.78, 5) is 117. The first-order chi connectivity index (χ1) is 31.9. The highest BCUT2D eigenvalue weighted by Gasteiger charge is 2.34. The highest BCUT2D eigenvalue weighted by molar-refractivity contribution is 5.97. The third kappa shape index (κ3) is 19.5. The van der Waals surface area contributed by atoms with Crippen LogP contribution in [0.3, 0.4) is 0 Å². The molecule has 0 heterocycles. The summed E-state index contributed by atoms with van der Waals surface area (Å²) in [6.45, 7) is 0.627. The lowest BCUT2D eigenvalue weighted by molar-refractivity contribution is -0.548. The Bertz CT molecular complexity index is 2150. The largest absolute Gasteiger partial charge is 0.508 e. The summed E-state index contributed by atoms with van der Waals surface area (Å²) < 4.78 is 0. The van der Waals surface area contributed by atoms with Crippen LogP contribution in [-0.2, 0) is 57.6 Å². The van der Waals surface area contributed by atoms with Gasteiger partial charge in [0.2, 0.25) is 41.4 Å². The molecule has 3 rings (SSSR count). The van der Waals surface area contributed by atoms with Crippen molar-refractivity contribution in [1.29, 1.82) is 0 Å². The number of carbonyl (C=O) groups excluding carboxylic acids is 7. The number of nitrogens with one attached hydrogen (secondary N) is 7. The van der Waals surface area contributed by atoms with Crippen LogP contribution in [0.25, 0.3) is 0 Å². The van der Waals surface area contributed by atoms with Crippen molar-refractivity contribution in [3.05, 3.63) is 112 Å². The van der Waals surface area contributed by atoms with Crippen molar-refractivity contribution in [2.75, 3.05) is 13.1 Å². The average molecular weight is 935 g/mol. The van der Waals surface area contributed by atoms with E-state index >= 15 is 0 Å². The number of phenolic OH excluding ortho intramolecular Hbond substituents is 1. The number of hydrazine groups is 1. The predicted octanol–water partition coefficient (Wildman–Crippen LogP) is -2.03. The van der Waals surface area contributed by atoms with Gasteiger partial charge in [-0.2, -0.15) is 0 Å². The molecule has 67 heavy (non-hydrogen) atoms. The molecule has 3 aromatic rings. The first kappa shape index (κ1) is 53.7. The van der Waals surface area contributed by atoms with E-state index in [-0.39, 0.29) is 31.4 Å². The molecule has 14 N–H and O–H groups in total. The molecule has 3 aromatic carbocycles. The number of carboxylic acids is 1. The van der Waals surface area contributed by atoms with E-state index in [0.29, 0.717) is 36.1 Å². The van der Waals surface area contributed by atoms with Crippen molar-refractivity contribution in [1.82, 2.24) is 37.3 Å². The topological polar surface area (TPSA) is 377 Å². The van der Waals surface area contributed by atoms with Crippen molar-refractivity contribution in [2.24, 2.45) is 11.5 Å². The summed E-state index contributed by atoms with van der Waals surface area (Å²) in [7, 11) is 0.